The van der Waals surface area contributed by atoms with Crippen LogP contribution in [0.4, 0.5) is 0 Å². The van der Waals surface area contributed by atoms with Gasteiger partial charge < -0.3 is 9.84 Å². The van der Waals surface area contributed by atoms with Gasteiger partial charge in [-0.1, -0.05) is 142 Å². The third kappa shape index (κ3) is 35.7. The Bertz CT molecular complexity index is 395. The maximum Gasteiger partial charge on any atom is 0.305 e. The molecule has 0 saturated carbocycles. The van der Waals surface area contributed by atoms with E-state index in [4.69, 9.17) is 5.11 Å². The predicted octanol–water partition coefficient (Wildman–Crippen LogP) is 9.63. The zero-order valence-corrected chi connectivity index (χ0v) is 22.6. The Morgan fingerprint density at radius 2 is 0.758 bits per heavy atom. The van der Waals surface area contributed by atoms with Crippen molar-refractivity contribution >= 4 is 11.9 Å². The van der Waals surface area contributed by atoms with E-state index in [9.17, 15) is 9.59 Å². The van der Waals surface area contributed by atoms with Gasteiger partial charge in [-0.25, -0.2) is 0 Å². The molecule has 33 heavy (non-hydrogen) atoms. The van der Waals surface area contributed by atoms with Gasteiger partial charge >= 0.3 is 11.9 Å². The van der Waals surface area contributed by atoms with Crippen LogP contribution in [0.25, 0.3) is 0 Å². The summed E-state index contributed by atoms with van der Waals surface area (Å²) >= 11 is 0. The minimum absolute atomic E-state index is 0.0666. The Balaban J connectivity index is 0. The fraction of sp³-hybridized carbons (Fsp3) is 0.931. The molecule has 4 nitrogen and oxygen atoms in total. The molecule has 198 valence electrons. The number of carbonyl (C=O) groups excluding carboxylic acids is 1. The highest BCUT2D eigenvalue weighted by molar-refractivity contribution is 5.69. The van der Waals surface area contributed by atoms with Gasteiger partial charge in [0.25, 0.3) is 0 Å². The summed E-state index contributed by atoms with van der Waals surface area (Å²) < 4.78 is 4.62. The molecule has 0 aromatic rings. The fourth-order valence-corrected chi connectivity index (χ4v) is 3.98. The first-order chi connectivity index (χ1) is 16.1. The van der Waals surface area contributed by atoms with Gasteiger partial charge in [0.2, 0.25) is 0 Å². The molecule has 0 rings (SSSR count). The highest BCUT2D eigenvalue weighted by Gasteiger charge is 1.99. The molecule has 4 heteroatoms. The van der Waals surface area contributed by atoms with Crippen molar-refractivity contribution in [2.45, 2.75) is 168 Å². The third-order valence-electron chi connectivity index (χ3n) is 6.21. The van der Waals surface area contributed by atoms with Crippen LogP contribution in [0.1, 0.15) is 168 Å². The Hall–Kier alpha value is -1.06. The maximum atomic E-state index is 10.9. The number of esters is 1. The van der Waals surface area contributed by atoms with Crippen LogP contribution >= 0.6 is 0 Å². The zero-order chi connectivity index (χ0) is 24.8. The summed E-state index contributed by atoms with van der Waals surface area (Å²) in [5.74, 6) is -0.726. The quantitative estimate of drug-likeness (QED) is 0.113. The van der Waals surface area contributed by atoms with Crippen LogP contribution in [0.3, 0.4) is 0 Å². The van der Waals surface area contributed by atoms with E-state index in [1.807, 2.05) is 0 Å². The number of unbranched alkanes of at least 4 members (excludes halogenated alkanes) is 20. The largest absolute Gasteiger partial charge is 0.481 e. The van der Waals surface area contributed by atoms with Crippen LogP contribution in [0.2, 0.25) is 0 Å². The Morgan fingerprint density at radius 3 is 1.03 bits per heavy atom. The first-order valence-electron chi connectivity index (χ1n) is 14.4. The van der Waals surface area contributed by atoms with Crippen molar-refractivity contribution in [2.75, 3.05) is 7.11 Å². The van der Waals surface area contributed by atoms with Gasteiger partial charge in [0.05, 0.1) is 7.11 Å². The van der Waals surface area contributed by atoms with Gasteiger partial charge in [-0.05, 0) is 12.8 Å². The number of carbonyl (C=O) groups is 2. The van der Waals surface area contributed by atoms with Gasteiger partial charge in [0, 0.05) is 12.8 Å². The van der Waals surface area contributed by atoms with Crippen LogP contribution in [-0.2, 0) is 14.3 Å². The van der Waals surface area contributed by atoms with Crippen LogP contribution in [-0.4, -0.2) is 24.2 Å². The zero-order valence-electron chi connectivity index (χ0n) is 22.6. The number of rotatable bonds is 24. The third-order valence-corrected chi connectivity index (χ3v) is 6.21. The number of ether oxygens (including phenoxy) is 1. The number of carboxylic acids is 1. The van der Waals surface area contributed by atoms with Crippen molar-refractivity contribution in [1.82, 2.24) is 0 Å². The van der Waals surface area contributed by atoms with Crippen molar-refractivity contribution < 1.29 is 19.4 Å². The Labute approximate surface area is 206 Å². The number of hydrogen-bond donors (Lipinski definition) is 1. The Morgan fingerprint density at radius 1 is 0.485 bits per heavy atom. The van der Waals surface area contributed by atoms with Crippen molar-refractivity contribution in [1.29, 1.82) is 0 Å². The van der Waals surface area contributed by atoms with E-state index in [0.717, 1.165) is 19.3 Å². The highest BCUT2D eigenvalue weighted by Crippen LogP contribution is 2.13. The second-order valence-electron chi connectivity index (χ2n) is 9.54. The molecule has 0 fully saturated rings. The van der Waals surface area contributed by atoms with Crippen molar-refractivity contribution in [2.24, 2.45) is 0 Å². The molecule has 0 aliphatic heterocycles. The lowest BCUT2D eigenvalue weighted by atomic mass is 10.0. The van der Waals surface area contributed by atoms with Crippen LogP contribution < -0.4 is 0 Å². The molecular weight excluding hydrogens is 412 g/mol. The molecule has 0 bridgehead atoms. The summed E-state index contributed by atoms with van der Waals surface area (Å²) in [6, 6.07) is 0. The SMILES string of the molecule is CCCCCCCCCCCC(=O)O.CCCCCCCCCCCCCCCC(=O)OC. The normalized spacial score (nSPS) is 10.5. The van der Waals surface area contributed by atoms with Crippen LogP contribution in [0, 0.1) is 0 Å². The van der Waals surface area contributed by atoms with Crippen molar-refractivity contribution in [3.63, 3.8) is 0 Å². The molecule has 0 aliphatic carbocycles. The summed E-state index contributed by atoms with van der Waals surface area (Å²) in [5.41, 5.74) is 0. The van der Waals surface area contributed by atoms with E-state index in [1.165, 1.54) is 129 Å². The molecule has 0 aliphatic rings. The standard InChI is InChI=1S/C17H34O2.C12H24O2/c1-3-4-5-6-7-8-9-10-11-12-13-14-15-16-17(18)19-2;1-2-3-4-5-6-7-8-9-10-11-12(13)14/h3-16H2,1-2H3;2-11H2,1H3,(H,13,14). The molecule has 0 unspecified atom stereocenters. The van der Waals surface area contributed by atoms with E-state index in [1.54, 1.807) is 0 Å². The van der Waals surface area contributed by atoms with E-state index in [-0.39, 0.29) is 5.97 Å². The summed E-state index contributed by atoms with van der Waals surface area (Å²) in [6.45, 7) is 4.50. The fourth-order valence-electron chi connectivity index (χ4n) is 3.98. The molecule has 1 N–H and O–H groups in total. The lowest BCUT2D eigenvalue weighted by molar-refractivity contribution is -0.141. The monoisotopic (exact) mass is 470 g/mol. The van der Waals surface area contributed by atoms with Gasteiger partial charge in [0.15, 0.2) is 0 Å². The topological polar surface area (TPSA) is 63.6 Å². The van der Waals surface area contributed by atoms with E-state index < -0.39 is 5.97 Å². The number of methoxy groups -OCH3 is 1. The van der Waals surface area contributed by atoms with Crippen LogP contribution in [0.5, 0.6) is 0 Å². The van der Waals surface area contributed by atoms with Gasteiger partial charge in [-0.15, -0.1) is 0 Å². The van der Waals surface area contributed by atoms with Crippen molar-refractivity contribution in [3.8, 4) is 0 Å². The molecule has 0 radical (unpaired) electrons. The molecule has 0 amide bonds. The lowest BCUT2D eigenvalue weighted by Gasteiger charge is -2.03. The Kier molecular flexibility index (Phi) is 32.0. The lowest BCUT2D eigenvalue weighted by Crippen LogP contribution is -1.99. The van der Waals surface area contributed by atoms with Gasteiger partial charge in [0.1, 0.15) is 0 Å². The molecule has 0 aromatic heterocycles. The maximum absolute atomic E-state index is 10.9. The molecule has 0 saturated heterocycles. The second-order valence-corrected chi connectivity index (χ2v) is 9.54. The highest BCUT2D eigenvalue weighted by atomic mass is 16.5. The summed E-state index contributed by atoms with van der Waals surface area (Å²) in [6.07, 6.45) is 29.5. The number of carboxylic acid groups (broad SMARTS) is 1. The first kappa shape index (κ1) is 34.1. The number of aliphatic carboxylic acids is 1. The van der Waals surface area contributed by atoms with E-state index >= 15 is 0 Å². The average Bonchev–Trinajstić information content (AvgIpc) is 2.81. The van der Waals surface area contributed by atoms with Gasteiger partial charge in [-0.2, -0.15) is 0 Å². The second kappa shape index (κ2) is 30.9. The average molecular weight is 471 g/mol. The minimum atomic E-state index is -0.659. The first-order valence-corrected chi connectivity index (χ1v) is 14.4. The molecule has 0 heterocycles. The van der Waals surface area contributed by atoms with Crippen LogP contribution in [0.15, 0.2) is 0 Å². The smallest absolute Gasteiger partial charge is 0.305 e. The summed E-state index contributed by atoms with van der Waals surface area (Å²) in [7, 11) is 1.46. The summed E-state index contributed by atoms with van der Waals surface area (Å²) in [4.78, 5) is 21.1. The number of hydrogen-bond acceptors (Lipinski definition) is 3. The predicted molar refractivity (Wildman–Crippen MR) is 142 cm³/mol. The molecule has 0 aromatic carbocycles. The minimum Gasteiger partial charge on any atom is -0.481 e. The van der Waals surface area contributed by atoms with E-state index in [0.29, 0.717) is 12.8 Å². The van der Waals surface area contributed by atoms with Gasteiger partial charge in [-0.3, -0.25) is 9.59 Å². The van der Waals surface area contributed by atoms with Crippen molar-refractivity contribution in [3.05, 3.63) is 0 Å². The molecule has 0 spiro atoms. The van der Waals surface area contributed by atoms with E-state index in [2.05, 4.69) is 18.6 Å². The summed E-state index contributed by atoms with van der Waals surface area (Å²) in [5, 5.41) is 8.41. The molecular formula is C29H58O4. The molecule has 0 atom stereocenters.